The fourth-order valence-corrected chi connectivity index (χ4v) is 6.05. The van der Waals surface area contributed by atoms with E-state index in [-0.39, 0.29) is 38.1 Å². The third kappa shape index (κ3) is 10.7. The molecule has 272 valence electrons. The first-order valence-electron chi connectivity index (χ1n) is 17.0. The Kier molecular flexibility index (Phi) is 13.1. The molecule has 0 bridgehead atoms. The molecule has 1 aromatic heterocycles. The number of amides is 5. The van der Waals surface area contributed by atoms with Gasteiger partial charge in [-0.05, 0) is 62.3 Å². The van der Waals surface area contributed by atoms with Gasteiger partial charge >= 0.3 is 11.6 Å². The highest BCUT2D eigenvalue weighted by Gasteiger charge is 2.39. The van der Waals surface area contributed by atoms with Crippen molar-refractivity contribution in [3.8, 4) is 0 Å². The van der Waals surface area contributed by atoms with Gasteiger partial charge in [0.1, 0.15) is 29.8 Å². The molecule has 1 aliphatic rings. The number of hydrogen-bond donors (Lipinski definition) is 5. The molecular formula is C37H45N5O9. The standard InChI is InChI=1S/C37H45N5O9/c1-21(2)17-28(41-34(47)23(4)38-31(43)14-15-32(44)45)37(50)42-16-8-11-29(42)36(49)40-27(19-24-9-6-5-7-10-24)35(48)39-25-12-13-26-22(3)18-33(46)51-30(26)20-25/h5-7,9-10,12-13,18,20-21,23,27-29H,8,11,14-17,19H2,1-4H3,(H,38,43)(H,39,48)(H,40,49)(H,41,47)(H,44,45)/t23-,27+,28-,29+/m1/s1. The molecule has 5 N–H and O–H groups in total. The molecule has 4 atom stereocenters. The molecule has 4 rings (SSSR count). The van der Waals surface area contributed by atoms with Crippen LogP contribution in [0.2, 0.25) is 0 Å². The average Bonchev–Trinajstić information content (AvgIpc) is 3.57. The van der Waals surface area contributed by atoms with Crippen LogP contribution < -0.4 is 26.9 Å². The Labute approximate surface area is 295 Å². The highest BCUT2D eigenvalue weighted by atomic mass is 16.4. The summed E-state index contributed by atoms with van der Waals surface area (Å²) in [5, 5.41) is 20.4. The number of hydrogen-bond acceptors (Lipinski definition) is 8. The maximum Gasteiger partial charge on any atom is 0.336 e. The summed E-state index contributed by atoms with van der Waals surface area (Å²) in [6.45, 7) is 7.25. The van der Waals surface area contributed by atoms with Crippen molar-refractivity contribution in [2.45, 2.75) is 90.4 Å². The predicted molar refractivity (Wildman–Crippen MR) is 189 cm³/mol. The van der Waals surface area contributed by atoms with Crippen LogP contribution in [0.25, 0.3) is 11.0 Å². The molecule has 14 heteroatoms. The minimum absolute atomic E-state index is 0.0133. The number of anilines is 1. The zero-order valence-electron chi connectivity index (χ0n) is 29.2. The van der Waals surface area contributed by atoms with Gasteiger partial charge < -0.3 is 35.7 Å². The number of fused-ring (bicyclic) bond motifs is 1. The number of carbonyl (C=O) groups is 6. The smallest absolute Gasteiger partial charge is 0.336 e. The summed E-state index contributed by atoms with van der Waals surface area (Å²) in [5.74, 6) is -3.89. The maximum atomic E-state index is 13.9. The first-order valence-corrected chi connectivity index (χ1v) is 17.0. The lowest BCUT2D eigenvalue weighted by Gasteiger charge is -2.31. The van der Waals surface area contributed by atoms with Crippen molar-refractivity contribution in [1.29, 1.82) is 0 Å². The highest BCUT2D eigenvalue weighted by Crippen LogP contribution is 2.23. The largest absolute Gasteiger partial charge is 0.481 e. The van der Waals surface area contributed by atoms with E-state index in [1.807, 2.05) is 44.2 Å². The summed E-state index contributed by atoms with van der Waals surface area (Å²) in [4.78, 5) is 90.8. The molecule has 14 nitrogen and oxygen atoms in total. The fourth-order valence-electron chi connectivity index (χ4n) is 6.05. The van der Waals surface area contributed by atoms with E-state index >= 15 is 0 Å². The molecule has 3 aromatic rings. The quantitative estimate of drug-likeness (QED) is 0.147. The SMILES string of the molecule is Cc1cc(=O)oc2cc(NC(=O)[C@H](Cc3ccccc3)NC(=O)[C@@H]3CCCN3C(=O)[C@@H](CC(C)C)NC(=O)[C@@H](C)NC(=O)CCC(=O)O)ccc12. The third-order valence-corrected chi connectivity index (χ3v) is 8.63. The van der Waals surface area contributed by atoms with Crippen LogP contribution in [0.5, 0.6) is 0 Å². The number of aliphatic carboxylic acids is 1. The highest BCUT2D eigenvalue weighted by molar-refractivity contribution is 6.00. The lowest BCUT2D eigenvalue weighted by atomic mass is 10.0. The van der Waals surface area contributed by atoms with Crippen LogP contribution in [-0.4, -0.2) is 76.2 Å². The third-order valence-electron chi connectivity index (χ3n) is 8.63. The van der Waals surface area contributed by atoms with Gasteiger partial charge in [-0.2, -0.15) is 0 Å². The topological polar surface area (TPSA) is 204 Å². The van der Waals surface area contributed by atoms with Gasteiger partial charge in [-0.1, -0.05) is 44.2 Å². The Morgan fingerprint density at radius 3 is 2.31 bits per heavy atom. The molecule has 51 heavy (non-hydrogen) atoms. The van der Waals surface area contributed by atoms with Crippen molar-refractivity contribution in [3.63, 3.8) is 0 Å². The Morgan fingerprint density at radius 1 is 0.902 bits per heavy atom. The number of nitrogens with one attached hydrogen (secondary N) is 4. The van der Waals surface area contributed by atoms with Crippen molar-refractivity contribution in [2.75, 3.05) is 11.9 Å². The molecule has 0 saturated carbocycles. The number of aryl methyl sites for hydroxylation is 1. The van der Waals surface area contributed by atoms with Gasteiger partial charge in [-0.3, -0.25) is 28.8 Å². The normalized spacial score (nSPS) is 15.9. The summed E-state index contributed by atoms with van der Waals surface area (Å²) >= 11 is 0. The van der Waals surface area contributed by atoms with Crippen molar-refractivity contribution in [2.24, 2.45) is 5.92 Å². The van der Waals surface area contributed by atoms with Crippen molar-refractivity contribution < 1.29 is 38.3 Å². The number of carboxylic acid groups (broad SMARTS) is 1. The van der Waals surface area contributed by atoms with Crippen LogP contribution >= 0.6 is 0 Å². The molecule has 2 aromatic carbocycles. The van der Waals surface area contributed by atoms with Crippen LogP contribution in [0.15, 0.2) is 63.8 Å². The Balaban J connectivity index is 1.49. The minimum atomic E-state index is -1.14. The number of likely N-dealkylation sites (tertiary alicyclic amines) is 1. The van der Waals surface area contributed by atoms with E-state index in [4.69, 9.17) is 9.52 Å². The maximum absolute atomic E-state index is 13.9. The van der Waals surface area contributed by atoms with E-state index in [9.17, 15) is 33.6 Å². The average molecular weight is 704 g/mol. The van der Waals surface area contributed by atoms with Crippen LogP contribution in [0, 0.1) is 12.8 Å². The number of carboxylic acids is 1. The Bertz CT molecular complexity index is 1820. The zero-order chi connectivity index (χ0) is 37.2. The monoisotopic (exact) mass is 703 g/mol. The van der Waals surface area contributed by atoms with Gasteiger partial charge in [-0.15, -0.1) is 0 Å². The van der Waals surface area contributed by atoms with Gasteiger partial charge in [0.2, 0.25) is 29.5 Å². The Hall–Kier alpha value is -5.53. The lowest BCUT2D eigenvalue weighted by molar-refractivity contribution is -0.142. The zero-order valence-corrected chi connectivity index (χ0v) is 29.2. The lowest BCUT2D eigenvalue weighted by Crippen LogP contribution is -2.57. The number of rotatable bonds is 15. The molecule has 0 unspecified atom stereocenters. The second-order valence-corrected chi connectivity index (χ2v) is 13.3. The predicted octanol–water partition coefficient (Wildman–Crippen LogP) is 2.66. The molecule has 5 amide bonds. The van der Waals surface area contributed by atoms with E-state index in [1.165, 1.54) is 17.9 Å². The fraction of sp³-hybridized carbons (Fsp3) is 0.432. The Morgan fingerprint density at radius 2 is 1.63 bits per heavy atom. The van der Waals surface area contributed by atoms with Crippen molar-refractivity contribution >= 4 is 52.2 Å². The van der Waals surface area contributed by atoms with Gasteiger partial charge in [-0.25, -0.2) is 4.79 Å². The van der Waals surface area contributed by atoms with Crippen LogP contribution in [0.1, 0.15) is 64.0 Å². The minimum Gasteiger partial charge on any atom is -0.481 e. The van der Waals surface area contributed by atoms with Gasteiger partial charge in [0.15, 0.2) is 0 Å². The van der Waals surface area contributed by atoms with Crippen LogP contribution in [-0.2, 0) is 35.2 Å². The first kappa shape index (κ1) is 38.3. The van der Waals surface area contributed by atoms with Crippen LogP contribution in [0.3, 0.4) is 0 Å². The summed E-state index contributed by atoms with van der Waals surface area (Å²) < 4.78 is 5.32. The second kappa shape index (κ2) is 17.4. The van der Waals surface area contributed by atoms with Crippen LogP contribution in [0.4, 0.5) is 5.69 Å². The number of carbonyl (C=O) groups excluding carboxylic acids is 5. The molecule has 1 fully saturated rings. The van der Waals surface area contributed by atoms with Gasteiger partial charge in [0, 0.05) is 42.6 Å². The molecular weight excluding hydrogens is 658 g/mol. The molecule has 0 aliphatic carbocycles. The molecule has 2 heterocycles. The first-order chi connectivity index (χ1) is 24.2. The second-order valence-electron chi connectivity index (χ2n) is 13.3. The van der Waals surface area contributed by atoms with E-state index in [1.54, 1.807) is 25.1 Å². The summed E-state index contributed by atoms with van der Waals surface area (Å²) in [5.41, 5.74) is 1.68. The van der Waals surface area contributed by atoms with Crippen molar-refractivity contribution in [1.82, 2.24) is 20.9 Å². The number of benzene rings is 2. The summed E-state index contributed by atoms with van der Waals surface area (Å²) in [6, 6.07) is 11.5. The molecule has 1 aliphatic heterocycles. The van der Waals surface area contributed by atoms with Gasteiger partial charge in [0.25, 0.3) is 0 Å². The van der Waals surface area contributed by atoms with E-state index in [2.05, 4.69) is 21.3 Å². The molecule has 0 radical (unpaired) electrons. The summed E-state index contributed by atoms with van der Waals surface area (Å²) in [7, 11) is 0. The van der Waals surface area contributed by atoms with E-state index < -0.39 is 65.3 Å². The number of nitrogens with zero attached hydrogens (tertiary/aromatic N) is 1. The van der Waals surface area contributed by atoms with Crippen molar-refractivity contribution in [3.05, 3.63) is 76.1 Å². The van der Waals surface area contributed by atoms with E-state index in [0.717, 1.165) is 16.5 Å². The molecule has 0 spiro atoms. The van der Waals surface area contributed by atoms with E-state index in [0.29, 0.717) is 24.1 Å². The summed E-state index contributed by atoms with van der Waals surface area (Å²) in [6.07, 6.45) is 0.611. The van der Waals surface area contributed by atoms with Gasteiger partial charge in [0.05, 0.1) is 6.42 Å². The molecule has 1 saturated heterocycles.